The largest absolute Gasteiger partial charge is 0.389 e. The molecule has 5 heteroatoms. The van der Waals surface area contributed by atoms with Gasteiger partial charge in [0.1, 0.15) is 10.8 Å². The first-order chi connectivity index (χ1) is 10.1. The molecule has 0 aliphatic carbocycles. The molecule has 0 saturated heterocycles. The molecule has 0 fully saturated rings. The molecule has 110 valence electrons. The van der Waals surface area contributed by atoms with Crippen molar-refractivity contribution in [1.82, 2.24) is 9.88 Å². The van der Waals surface area contributed by atoms with Gasteiger partial charge < -0.3 is 5.73 Å². The van der Waals surface area contributed by atoms with Gasteiger partial charge in [-0.05, 0) is 30.3 Å². The summed E-state index contributed by atoms with van der Waals surface area (Å²) in [5.74, 6) is -0.321. The third kappa shape index (κ3) is 4.06. The van der Waals surface area contributed by atoms with E-state index in [0.29, 0.717) is 17.7 Å². The Bertz CT molecular complexity index is 616. The number of pyridine rings is 1. The van der Waals surface area contributed by atoms with E-state index in [2.05, 4.69) is 16.8 Å². The topological polar surface area (TPSA) is 42.2 Å². The summed E-state index contributed by atoms with van der Waals surface area (Å²) in [4.78, 5) is 6.24. The molecule has 0 unspecified atom stereocenters. The molecule has 1 aromatic heterocycles. The van der Waals surface area contributed by atoms with Crippen LogP contribution >= 0.6 is 12.2 Å². The van der Waals surface area contributed by atoms with E-state index in [9.17, 15) is 4.39 Å². The first-order valence-electron chi connectivity index (χ1n) is 6.80. The van der Waals surface area contributed by atoms with Crippen molar-refractivity contribution in [3.8, 4) is 0 Å². The number of aromatic nitrogens is 1. The summed E-state index contributed by atoms with van der Waals surface area (Å²) in [6.07, 6.45) is 3.52. The van der Waals surface area contributed by atoms with E-state index >= 15 is 0 Å². The number of benzene rings is 1. The van der Waals surface area contributed by atoms with Crippen molar-refractivity contribution in [2.24, 2.45) is 5.73 Å². The maximum atomic E-state index is 14.4. The zero-order valence-corrected chi connectivity index (χ0v) is 12.7. The van der Waals surface area contributed by atoms with Gasteiger partial charge in [-0.25, -0.2) is 4.39 Å². The molecule has 3 nitrogen and oxygen atoms in total. The molecule has 2 rings (SSSR count). The Labute approximate surface area is 129 Å². The lowest BCUT2D eigenvalue weighted by molar-refractivity contribution is 0.267. The van der Waals surface area contributed by atoms with Gasteiger partial charge in [0.25, 0.3) is 0 Å². The highest BCUT2D eigenvalue weighted by molar-refractivity contribution is 7.80. The number of nitrogens with zero attached hydrogens (tertiary/aromatic N) is 2. The van der Waals surface area contributed by atoms with Crippen LogP contribution in [0.2, 0.25) is 0 Å². The summed E-state index contributed by atoms with van der Waals surface area (Å²) in [6.45, 7) is 4.13. The van der Waals surface area contributed by atoms with Gasteiger partial charge in [-0.3, -0.25) is 9.88 Å². The highest BCUT2D eigenvalue weighted by Gasteiger charge is 2.13. The van der Waals surface area contributed by atoms with Gasteiger partial charge >= 0.3 is 0 Å². The van der Waals surface area contributed by atoms with Crippen LogP contribution in [0.25, 0.3) is 0 Å². The van der Waals surface area contributed by atoms with Crippen molar-refractivity contribution < 1.29 is 4.39 Å². The number of hydrogen-bond donors (Lipinski definition) is 1. The van der Waals surface area contributed by atoms with Crippen LogP contribution in [0.15, 0.2) is 42.7 Å². The Morgan fingerprint density at radius 1 is 1.24 bits per heavy atom. The smallest absolute Gasteiger partial charge is 0.137 e. The third-order valence-electron chi connectivity index (χ3n) is 3.34. The molecule has 21 heavy (non-hydrogen) atoms. The highest BCUT2D eigenvalue weighted by Crippen LogP contribution is 2.16. The summed E-state index contributed by atoms with van der Waals surface area (Å²) >= 11 is 4.87. The summed E-state index contributed by atoms with van der Waals surface area (Å²) in [5.41, 5.74) is 7.61. The lowest BCUT2D eigenvalue weighted by Gasteiger charge is -2.21. The number of hydrogen-bond acceptors (Lipinski definition) is 3. The van der Waals surface area contributed by atoms with E-state index in [0.717, 1.165) is 18.7 Å². The molecule has 0 spiro atoms. The Morgan fingerprint density at radius 3 is 2.57 bits per heavy atom. The van der Waals surface area contributed by atoms with Crippen LogP contribution in [0.1, 0.15) is 23.6 Å². The van der Waals surface area contributed by atoms with Crippen molar-refractivity contribution in [2.75, 3.05) is 6.54 Å². The second-order valence-electron chi connectivity index (χ2n) is 4.80. The van der Waals surface area contributed by atoms with Gasteiger partial charge in [0, 0.05) is 36.6 Å². The predicted octanol–water partition coefficient (Wildman–Crippen LogP) is 2.88. The Morgan fingerprint density at radius 2 is 1.95 bits per heavy atom. The second kappa shape index (κ2) is 7.24. The van der Waals surface area contributed by atoms with Crippen LogP contribution in [-0.4, -0.2) is 21.4 Å². The lowest BCUT2D eigenvalue weighted by Crippen LogP contribution is -2.23. The number of halogens is 1. The van der Waals surface area contributed by atoms with E-state index in [1.54, 1.807) is 30.6 Å². The minimum absolute atomic E-state index is 0.0894. The normalized spacial score (nSPS) is 10.8. The molecule has 2 N–H and O–H groups in total. The average molecular weight is 303 g/mol. The Hall–Kier alpha value is -1.85. The van der Waals surface area contributed by atoms with Crippen molar-refractivity contribution in [1.29, 1.82) is 0 Å². The second-order valence-corrected chi connectivity index (χ2v) is 5.24. The molecule has 0 aliphatic heterocycles. The monoisotopic (exact) mass is 303 g/mol. The molecular formula is C16H18FN3S. The number of thiocarbonyl (C=S) groups is 1. The SMILES string of the molecule is CCN(Cc1ccncc1)Cc1cccc(C(N)=S)c1F. The van der Waals surface area contributed by atoms with Gasteiger partial charge in [-0.15, -0.1) is 0 Å². The first-order valence-corrected chi connectivity index (χ1v) is 7.21. The van der Waals surface area contributed by atoms with Crippen LogP contribution in [0, 0.1) is 5.82 Å². The quantitative estimate of drug-likeness (QED) is 0.833. The molecule has 1 aromatic carbocycles. The van der Waals surface area contributed by atoms with Gasteiger partial charge in [0.2, 0.25) is 0 Å². The highest BCUT2D eigenvalue weighted by atomic mass is 32.1. The zero-order chi connectivity index (χ0) is 15.2. The van der Waals surface area contributed by atoms with Crippen LogP contribution in [-0.2, 0) is 13.1 Å². The van der Waals surface area contributed by atoms with Crippen LogP contribution in [0.3, 0.4) is 0 Å². The van der Waals surface area contributed by atoms with Gasteiger partial charge in [0.15, 0.2) is 0 Å². The zero-order valence-electron chi connectivity index (χ0n) is 11.9. The molecule has 1 heterocycles. The molecule has 0 atom stereocenters. The molecule has 2 aromatic rings. The first kappa shape index (κ1) is 15.5. The Balaban J connectivity index is 2.15. The lowest BCUT2D eigenvalue weighted by atomic mass is 10.1. The van der Waals surface area contributed by atoms with Gasteiger partial charge in [-0.1, -0.05) is 31.3 Å². The molecule has 0 aliphatic rings. The fraction of sp³-hybridized carbons (Fsp3) is 0.250. The van der Waals surface area contributed by atoms with E-state index in [1.165, 1.54) is 0 Å². The molecule has 0 bridgehead atoms. The van der Waals surface area contributed by atoms with Crippen LogP contribution in [0.4, 0.5) is 4.39 Å². The molecular weight excluding hydrogens is 285 g/mol. The van der Waals surface area contributed by atoms with Crippen molar-refractivity contribution in [3.05, 3.63) is 65.2 Å². The molecule has 0 radical (unpaired) electrons. The minimum atomic E-state index is -0.321. The fourth-order valence-electron chi connectivity index (χ4n) is 2.16. The maximum Gasteiger partial charge on any atom is 0.137 e. The van der Waals surface area contributed by atoms with Gasteiger partial charge in [-0.2, -0.15) is 0 Å². The molecule has 0 amide bonds. The van der Waals surface area contributed by atoms with Crippen molar-refractivity contribution >= 4 is 17.2 Å². The summed E-state index contributed by atoms with van der Waals surface area (Å²) in [7, 11) is 0. The van der Waals surface area contributed by atoms with Crippen molar-refractivity contribution in [3.63, 3.8) is 0 Å². The molecule has 0 saturated carbocycles. The van der Waals surface area contributed by atoms with E-state index < -0.39 is 0 Å². The number of rotatable bonds is 6. The predicted molar refractivity (Wildman–Crippen MR) is 86.3 cm³/mol. The van der Waals surface area contributed by atoms with Crippen molar-refractivity contribution in [2.45, 2.75) is 20.0 Å². The number of nitrogens with two attached hydrogens (primary N) is 1. The summed E-state index contributed by atoms with van der Waals surface area (Å²) in [6, 6.07) is 9.09. The summed E-state index contributed by atoms with van der Waals surface area (Å²) in [5, 5.41) is 0. The fourth-order valence-corrected chi connectivity index (χ4v) is 2.32. The van der Waals surface area contributed by atoms with Crippen LogP contribution < -0.4 is 5.73 Å². The standard InChI is InChI=1S/C16H18FN3S/c1-2-20(10-12-6-8-19-9-7-12)11-13-4-3-5-14(15(13)17)16(18)21/h3-9H,2,10-11H2,1H3,(H2,18,21). The van der Waals surface area contributed by atoms with Crippen LogP contribution in [0.5, 0.6) is 0 Å². The van der Waals surface area contributed by atoms with E-state index in [1.807, 2.05) is 12.1 Å². The third-order valence-corrected chi connectivity index (χ3v) is 3.56. The average Bonchev–Trinajstić information content (AvgIpc) is 2.49. The summed E-state index contributed by atoms with van der Waals surface area (Å²) < 4.78 is 14.4. The van der Waals surface area contributed by atoms with E-state index in [4.69, 9.17) is 18.0 Å². The Kier molecular flexibility index (Phi) is 5.36. The van der Waals surface area contributed by atoms with Gasteiger partial charge in [0.05, 0.1) is 0 Å². The minimum Gasteiger partial charge on any atom is -0.389 e. The van der Waals surface area contributed by atoms with E-state index in [-0.39, 0.29) is 10.8 Å². The maximum absolute atomic E-state index is 14.4.